The molecule has 29 heavy (non-hydrogen) atoms. The lowest BCUT2D eigenvalue weighted by molar-refractivity contribution is -0.186. The summed E-state index contributed by atoms with van der Waals surface area (Å²) in [4.78, 5) is 49.9. The van der Waals surface area contributed by atoms with Gasteiger partial charge in [-0.1, -0.05) is 0 Å². The van der Waals surface area contributed by atoms with Gasteiger partial charge in [0.15, 0.2) is 0 Å². The highest BCUT2D eigenvalue weighted by Gasteiger charge is 2.49. The molecule has 12 heteroatoms. The Morgan fingerprint density at radius 3 is 2.28 bits per heavy atom. The molecule has 164 valence electrons. The third-order valence-electron chi connectivity index (χ3n) is 4.70. The zero-order chi connectivity index (χ0) is 22.1. The molecule has 9 nitrogen and oxygen atoms in total. The summed E-state index contributed by atoms with van der Waals surface area (Å²) in [6.45, 7) is 3.60. The maximum atomic E-state index is 13.0. The molecule has 2 aliphatic heterocycles. The summed E-state index contributed by atoms with van der Waals surface area (Å²) in [5.74, 6) is -4.21. The minimum atomic E-state index is -5.14. The molecule has 2 saturated heterocycles. The van der Waals surface area contributed by atoms with E-state index in [0.29, 0.717) is 4.90 Å². The quantitative estimate of drug-likeness (QED) is 0.688. The second-order valence-electron chi connectivity index (χ2n) is 8.07. The monoisotopic (exact) mass is 423 g/mol. The molecule has 0 spiro atoms. The van der Waals surface area contributed by atoms with Crippen LogP contribution in [0.25, 0.3) is 0 Å². The fraction of sp³-hybridized carbons (Fsp3) is 0.765. The van der Waals surface area contributed by atoms with E-state index < -0.39 is 60.3 Å². The van der Waals surface area contributed by atoms with Crippen molar-refractivity contribution in [3.8, 4) is 0 Å². The molecule has 0 saturated carbocycles. The third-order valence-corrected chi connectivity index (χ3v) is 4.70. The average molecular weight is 423 g/mol. The van der Waals surface area contributed by atoms with Crippen molar-refractivity contribution in [1.29, 1.82) is 0 Å². The summed E-state index contributed by atoms with van der Waals surface area (Å²) in [5, 5.41) is 11.6. The predicted octanol–water partition coefficient (Wildman–Crippen LogP) is 1.12. The molecule has 0 unspecified atom stereocenters. The van der Waals surface area contributed by atoms with E-state index in [1.54, 1.807) is 20.8 Å². The standard InChI is InChI=1S/C17H24F3N3O6/c1-16(2,3)29-15(28)21-10-8-22(14(27)17(18,19)20)7-6-9-4-5-11(13(25)26)23(9)12(10)24/h9-11H,4-8H2,1-3H3,(H,21,28)(H,25,26)/t9-,10+,11+/m1/s1. The van der Waals surface area contributed by atoms with E-state index in [0.717, 1.165) is 4.90 Å². The van der Waals surface area contributed by atoms with Crippen molar-refractivity contribution in [3.05, 3.63) is 0 Å². The molecule has 0 aromatic heterocycles. The molecule has 3 atom stereocenters. The van der Waals surface area contributed by atoms with Crippen LogP contribution in [0.2, 0.25) is 0 Å². The third kappa shape index (κ3) is 5.51. The first-order chi connectivity index (χ1) is 13.2. The van der Waals surface area contributed by atoms with Crippen molar-refractivity contribution in [1.82, 2.24) is 15.1 Å². The molecule has 0 radical (unpaired) electrons. The molecule has 2 rings (SSSR count). The van der Waals surface area contributed by atoms with Gasteiger partial charge in [0.25, 0.3) is 0 Å². The molecule has 0 aliphatic carbocycles. The number of carbonyl (C=O) groups excluding carboxylic acids is 3. The van der Waals surface area contributed by atoms with Gasteiger partial charge in [-0.3, -0.25) is 9.59 Å². The van der Waals surface area contributed by atoms with Crippen molar-refractivity contribution < 1.29 is 42.2 Å². The van der Waals surface area contributed by atoms with E-state index in [-0.39, 0.29) is 25.8 Å². The van der Waals surface area contributed by atoms with Gasteiger partial charge >= 0.3 is 24.1 Å². The van der Waals surface area contributed by atoms with E-state index in [2.05, 4.69) is 5.32 Å². The highest BCUT2D eigenvalue weighted by Crippen LogP contribution is 2.30. The number of alkyl carbamates (subject to hydrolysis) is 1. The van der Waals surface area contributed by atoms with Crippen LogP contribution in [0.4, 0.5) is 18.0 Å². The van der Waals surface area contributed by atoms with Gasteiger partial charge in [-0.05, 0) is 40.0 Å². The number of rotatable bonds is 2. The Hall–Kier alpha value is -2.53. The lowest BCUT2D eigenvalue weighted by Crippen LogP contribution is -2.61. The van der Waals surface area contributed by atoms with Crippen LogP contribution in [-0.2, 0) is 19.1 Å². The van der Waals surface area contributed by atoms with Crippen LogP contribution in [0.3, 0.4) is 0 Å². The van der Waals surface area contributed by atoms with Crippen molar-refractivity contribution in [2.75, 3.05) is 13.1 Å². The first kappa shape index (κ1) is 22.8. The summed E-state index contributed by atoms with van der Waals surface area (Å²) in [6.07, 6.45) is -5.78. The number of nitrogens with zero attached hydrogens (tertiary/aromatic N) is 2. The van der Waals surface area contributed by atoms with Crippen molar-refractivity contribution in [3.63, 3.8) is 0 Å². The van der Waals surface area contributed by atoms with Crippen LogP contribution < -0.4 is 5.32 Å². The number of nitrogens with one attached hydrogen (secondary N) is 1. The summed E-state index contributed by atoms with van der Waals surface area (Å²) in [5.41, 5.74) is -0.935. The first-order valence-electron chi connectivity index (χ1n) is 9.11. The second-order valence-corrected chi connectivity index (χ2v) is 8.07. The SMILES string of the molecule is CC(C)(C)OC(=O)N[C@H]1CN(C(=O)C(F)(F)F)CC[C@H]2CC[C@@H](C(=O)O)N2C1=O. The summed E-state index contributed by atoms with van der Waals surface area (Å²) >= 11 is 0. The Labute approximate surface area is 165 Å². The van der Waals surface area contributed by atoms with E-state index in [1.165, 1.54) is 0 Å². The number of carboxylic acids is 1. The number of ether oxygens (including phenoxy) is 1. The molecular formula is C17H24F3N3O6. The van der Waals surface area contributed by atoms with Crippen LogP contribution in [0.1, 0.15) is 40.0 Å². The van der Waals surface area contributed by atoms with E-state index in [1.807, 2.05) is 0 Å². The zero-order valence-corrected chi connectivity index (χ0v) is 16.3. The molecule has 2 heterocycles. The van der Waals surface area contributed by atoms with Gasteiger partial charge in [0.1, 0.15) is 17.7 Å². The molecule has 0 aromatic rings. The Morgan fingerprint density at radius 1 is 1.14 bits per heavy atom. The average Bonchev–Trinajstić information content (AvgIpc) is 2.96. The predicted molar refractivity (Wildman–Crippen MR) is 91.7 cm³/mol. The zero-order valence-electron chi connectivity index (χ0n) is 16.3. The van der Waals surface area contributed by atoms with Crippen LogP contribution >= 0.6 is 0 Å². The van der Waals surface area contributed by atoms with Crippen molar-refractivity contribution >= 4 is 23.9 Å². The Bertz CT molecular complexity index is 691. The fourth-order valence-corrected chi connectivity index (χ4v) is 3.54. The molecule has 2 fully saturated rings. The van der Waals surface area contributed by atoms with E-state index in [4.69, 9.17) is 4.74 Å². The maximum absolute atomic E-state index is 13.0. The highest BCUT2D eigenvalue weighted by molar-refractivity contribution is 5.91. The van der Waals surface area contributed by atoms with Gasteiger partial charge in [0, 0.05) is 12.6 Å². The summed E-state index contributed by atoms with van der Waals surface area (Å²) in [7, 11) is 0. The maximum Gasteiger partial charge on any atom is 0.471 e. The lowest BCUT2D eigenvalue weighted by atomic mass is 10.1. The number of alkyl halides is 3. The summed E-state index contributed by atoms with van der Waals surface area (Å²) < 4.78 is 43.9. The van der Waals surface area contributed by atoms with Gasteiger partial charge in [0.2, 0.25) is 5.91 Å². The number of fused-ring (bicyclic) bond motifs is 1. The Morgan fingerprint density at radius 2 is 1.76 bits per heavy atom. The van der Waals surface area contributed by atoms with Gasteiger partial charge in [-0.2, -0.15) is 13.2 Å². The molecule has 2 aliphatic rings. The van der Waals surface area contributed by atoms with Gasteiger partial charge in [0.05, 0.1) is 6.54 Å². The van der Waals surface area contributed by atoms with Gasteiger partial charge in [-0.15, -0.1) is 0 Å². The number of aliphatic carboxylic acids is 1. The molecule has 2 N–H and O–H groups in total. The Kier molecular flexibility index (Phi) is 6.33. The number of amides is 3. The topological polar surface area (TPSA) is 116 Å². The molecule has 0 bridgehead atoms. The lowest BCUT2D eigenvalue weighted by Gasteiger charge is -2.38. The van der Waals surface area contributed by atoms with Gasteiger partial charge in [-0.25, -0.2) is 9.59 Å². The van der Waals surface area contributed by atoms with Crippen molar-refractivity contribution in [2.45, 2.75) is 69.9 Å². The molecule has 3 amide bonds. The molecular weight excluding hydrogens is 399 g/mol. The molecule has 0 aromatic carbocycles. The van der Waals surface area contributed by atoms with Crippen molar-refractivity contribution in [2.24, 2.45) is 0 Å². The van der Waals surface area contributed by atoms with Crippen LogP contribution in [0, 0.1) is 0 Å². The number of carbonyl (C=O) groups is 4. The Balaban J connectivity index is 2.32. The fourth-order valence-electron chi connectivity index (χ4n) is 3.54. The number of hydrogen-bond donors (Lipinski definition) is 2. The number of halogens is 3. The van der Waals surface area contributed by atoms with E-state index >= 15 is 0 Å². The smallest absolute Gasteiger partial charge is 0.471 e. The first-order valence-corrected chi connectivity index (χ1v) is 9.11. The minimum absolute atomic E-state index is 0.0104. The minimum Gasteiger partial charge on any atom is -0.480 e. The van der Waals surface area contributed by atoms with Crippen LogP contribution in [0.5, 0.6) is 0 Å². The normalized spacial score (nSPS) is 25.7. The second kappa shape index (κ2) is 8.07. The number of hydrogen-bond acceptors (Lipinski definition) is 5. The van der Waals surface area contributed by atoms with E-state index in [9.17, 15) is 37.5 Å². The summed E-state index contributed by atoms with van der Waals surface area (Å²) in [6, 6.07) is -3.35. The van der Waals surface area contributed by atoms with Gasteiger partial charge < -0.3 is 25.0 Å². The van der Waals surface area contributed by atoms with Crippen LogP contribution in [0.15, 0.2) is 0 Å². The number of carboxylic acid groups (broad SMARTS) is 1. The largest absolute Gasteiger partial charge is 0.480 e. The highest BCUT2D eigenvalue weighted by atomic mass is 19.4. The van der Waals surface area contributed by atoms with Crippen LogP contribution in [-0.4, -0.2) is 81.8 Å².